The van der Waals surface area contributed by atoms with Crippen molar-refractivity contribution in [3.63, 3.8) is 0 Å². The lowest BCUT2D eigenvalue weighted by molar-refractivity contribution is 0.218. The van der Waals surface area contributed by atoms with E-state index in [9.17, 15) is 9.00 Å². The molecule has 9 heteroatoms. The van der Waals surface area contributed by atoms with Gasteiger partial charge < -0.3 is 15.0 Å². The molecule has 1 N–H and O–H groups in total. The maximum absolute atomic E-state index is 14.0. The van der Waals surface area contributed by atoms with Crippen LogP contribution in [0.3, 0.4) is 0 Å². The van der Waals surface area contributed by atoms with Gasteiger partial charge >= 0.3 is 0 Å². The summed E-state index contributed by atoms with van der Waals surface area (Å²) in [5.41, 5.74) is 4.81. The van der Waals surface area contributed by atoms with E-state index < -0.39 is 9.52 Å². The predicted molar refractivity (Wildman–Crippen MR) is 174 cm³/mol. The molecule has 0 aliphatic carbocycles. The van der Waals surface area contributed by atoms with Gasteiger partial charge in [0.25, 0.3) is 5.56 Å². The second kappa shape index (κ2) is 12.4. The summed E-state index contributed by atoms with van der Waals surface area (Å²) in [6.45, 7) is 8.48. The zero-order chi connectivity index (χ0) is 30.0. The van der Waals surface area contributed by atoms with Gasteiger partial charge in [0, 0.05) is 53.2 Å². The van der Waals surface area contributed by atoms with Crippen LogP contribution in [0.5, 0.6) is 0 Å². The average molecular weight is 588 g/mol. The van der Waals surface area contributed by atoms with Gasteiger partial charge in [-0.2, -0.15) is 4.98 Å². The molecule has 2 aromatic heterocycles. The van der Waals surface area contributed by atoms with Crippen LogP contribution in [0.1, 0.15) is 49.8 Å². The Morgan fingerprint density at radius 3 is 2.60 bits per heavy atom. The van der Waals surface area contributed by atoms with Crippen molar-refractivity contribution >= 4 is 38.1 Å². The first kappa shape index (κ1) is 29.9. The number of likely N-dealkylation sites (N-methyl/N-ethyl adjacent to an activating group) is 1. The molecule has 42 heavy (non-hydrogen) atoms. The predicted octanol–water partition coefficient (Wildman–Crippen LogP) is 5.62. The van der Waals surface area contributed by atoms with E-state index in [0.29, 0.717) is 40.3 Å². The van der Waals surface area contributed by atoms with Crippen molar-refractivity contribution in [3.05, 3.63) is 76.2 Å². The molecule has 0 spiro atoms. The van der Waals surface area contributed by atoms with Gasteiger partial charge in [0.05, 0.1) is 6.61 Å². The first-order valence-electron chi connectivity index (χ1n) is 14.5. The Labute approximate surface area is 248 Å². The summed E-state index contributed by atoms with van der Waals surface area (Å²) in [6.07, 6.45) is 4.19. The summed E-state index contributed by atoms with van der Waals surface area (Å²) in [5, 5.41) is 4.07. The molecular formula is C33H41N5O3S. The molecule has 5 rings (SSSR count). The van der Waals surface area contributed by atoms with E-state index in [1.54, 1.807) is 17.9 Å². The van der Waals surface area contributed by atoms with E-state index in [2.05, 4.69) is 52.4 Å². The molecule has 0 radical (unpaired) electrons. The van der Waals surface area contributed by atoms with Crippen molar-refractivity contribution in [3.8, 4) is 11.1 Å². The van der Waals surface area contributed by atoms with Gasteiger partial charge in [0.2, 0.25) is 5.95 Å². The highest BCUT2D eigenvalue weighted by atomic mass is 32.2. The molecule has 0 bridgehead atoms. The van der Waals surface area contributed by atoms with Crippen molar-refractivity contribution in [1.82, 2.24) is 19.4 Å². The fourth-order valence-electron chi connectivity index (χ4n) is 5.72. The number of rotatable bonds is 9. The Kier molecular flexibility index (Phi) is 8.82. The maximum Gasteiger partial charge on any atom is 0.260 e. The van der Waals surface area contributed by atoms with Gasteiger partial charge in [-0.15, -0.1) is 0 Å². The van der Waals surface area contributed by atoms with Crippen LogP contribution in [0.4, 0.5) is 11.6 Å². The number of aromatic nitrogens is 3. The first-order chi connectivity index (χ1) is 20.1. The highest BCUT2D eigenvalue weighted by Crippen LogP contribution is 2.30. The van der Waals surface area contributed by atoms with Gasteiger partial charge in [-0.25, -0.2) is 4.98 Å². The number of aryl methyl sites for hydroxylation is 1. The van der Waals surface area contributed by atoms with E-state index in [1.807, 2.05) is 45.0 Å². The molecule has 1 fully saturated rings. The number of piperidine rings is 1. The number of pyridine rings is 1. The third-order valence-electron chi connectivity index (χ3n) is 8.10. The van der Waals surface area contributed by atoms with Crippen LogP contribution < -0.4 is 10.9 Å². The zero-order valence-electron chi connectivity index (χ0n) is 25.2. The molecule has 1 aliphatic heterocycles. The van der Waals surface area contributed by atoms with Crippen LogP contribution in [0, 0.1) is 6.92 Å². The highest BCUT2D eigenvalue weighted by Gasteiger charge is 2.20. The van der Waals surface area contributed by atoms with Crippen molar-refractivity contribution < 1.29 is 8.95 Å². The van der Waals surface area contributed by atoms with Crippen molar-refractivity contribution in [2.45, 2.75) is 50.5 Å². The summed E-state index contributed by atoms with van der Waals surface area (Å²) in [6, 6.07) is 15.7. The van der Waals surface area contributed by atoms with Crippen LogP contribution >= 0.6 is 0 Å². The van der Waals surface area contributed by atoms with Crippen LogP contribution in [0.25, 0.3) is 22.2 Å². The number of nitrogens with zero attached hydrogens (tertiary/aromatic N) is 4. The van der Waals surface area contributed by atoms with Crippen LogP contribution in [-0.4, -0.2) is 69.1 Å². The summed E-state index contributed by atoms with van der Waals surface area (Å²) in [4.78, 5) is 26.3. The van der Waals surface area contributed by atoms with Gasteiger partial charge in [-0.1, -0.05) is 18.2 Å². The van der Waals surface area contributed by atoms with E-state index in [-0.39, 0.29) is 11.6 Å². The van der Waals surface area contributed by atoms with Crippen molar-refractivity contribution in [2.75, 3.05) is 44.9 Å². The summed E-state index contributed by atoms with van der Waals surface area (Å²) < 4.78 is 20.2. The topological polar surface area (TPSA) is 89.3 Å². The van der Waals surface area contributed by atoms with E-state index in [4.69, 9.17) is 9.72 Å². The summed E-state index contributed by atoms with van der Waals surface area (Å²) in [5.74, 6) is 5.27. The second-order valence-corrected chi connectivity index (χ2v) is 14.1. The highest BCUT2D eigenvalue weighted by molar-refractivity contribution is 8.00. The van der Waals surface area contributed by atoms with E-state index in [0.717, 1.165) is 35.3 Å². The second-order valence-electron chi connectivity index (χ2n) is 11.6. The van der Waals surface area contributed by atoms with Crippen molar-refractivity contribution in [1.29, 1.82) is 0 Å². The van der Waals surface area contributed by atoms with Crippen molar-refractivity contribution in [2.24, 2.45) is 0 Å². The molecule has 3 heterocycles. The van der Waals surface area contributed by atoms with Crippen LogP contribution in [0.15, 0.2) is 64.4 Å². The standard InChI is InChI=1S/C33H41N5O3S/c1-22(2)38-31-26(18-30(32(38)39)29-19-28(14-9-23(29)3)42(6,40)17-16-41-5)20-34-33(36-31)35-27-12-10-24(11-13-27)25-8-7-15-37(4)21-25/h9-14,18-20,22,25H,6-8,15-17,21H2,1-5H3,(H,34,35,36). The molecule has 222 valence electrons. The van der Waals surface area contributed by atoms with Crippen LogP contribution in [0.2, 0.25) is 0 Å². The molecule has 2 unspecified atom stereocenters. The Morgan fingerprint density at radius 2 is 1.90 bits per heavy atom. The fraction of sp³-hybridized carbons (Fsp3) is 0.394. The van der Waals surface area contributed by atoms with E-state index in [1.165, 1.54) is 18.4 Å². The molecule has 1 saturated heterocycles. The number of nitrogens with one attached hydrogen (secondary N) is 1. The Morgan fingerprint density at radius 1 is 1.14 bits per heavy atom. The van der Waals surface area contributed by atoms with Gasteiger partial charge in [-0.05, 0) is 116 Å². The Balaban J connectivity index is 1.49. The number of hydrogen-bond acceptors (Lipinski definition) is 7. The third kappa shape index (κ3) is 6.28. The Hall–Kier alpha value is -3.53. The zero-order valence-corrected chi connectivity index (χ0v) is 26.0. The SMILES string of the molecule is C=S(=O)(CCOC)c1ccc(C)c(-c2cc3cnc(Nc4ccc(C5CCCN(C)C5)cc4)nc3n(C(C)C)c2=O)c1. The lowest BCUT2D eigenvalue weighted by Gasteiger charge is -2.30. The van der Waals surface area contributed by atoms with Gasteiger partial charge in [-0.3, -0.25) is 13.6 Å². The Bertz CT molecular complexity index is 1750. The minimum atomic E-state index is -2.57. The fourth-order valence-corrected chi connectivity index (χ4v) is 7.04. The molecule has 2 aromatic carbocycles. The number of ether oxygens (including phenoxy) is 1. The number of benzene rings is 2. The number of likely N-dealkylation sites (tertiary alicyclic amines) is 1. The lowest BCUT2D eigenvalue weighted by atomic mass is 9.91. The minimum Gasteiger partial charge on any atom is -0.384 e. The molecular weight excluding hydrogens is 546 g/mol. The number of fused-ring (bicyclic) bond motifs is 1. The average Bonchev–Trinajstić information content (AvgIpc) is 2.96. The third-order valence-corrected chi connectivity index (χ3v) is 10.0. The number of methoxy groups -OCH3 is 1. The molecule has 1 aliphatic rings. The lowest BCUT2D eigenvalue weighted by Crippen LogP contribution is -2.30. The minimum absolute atomic E-state index is 0.141. The molecule has 2 atom stereocenters. The maximum atomic E-state index is 14.0. The van der Waals surface area contributed by atoms with E-state index >= 15 is 0 Å². The monoisotopic (exact) mass is 587 g/mol. The normalized spacial score (nSPS) is 17.4. The summed E-state index contributed by atoms with van der Waals surface area (Å²) in [7, 11) is 1.19. The number of anilines is 2. The summed E-state index contributed by atoms with van der Waals surface area (Å²) >= 11 is 0. The molecule has 4 aromatic rings. The quantitative estimate of drug-likeness (QED) is 0.254. The molecule has 8 nitrogen and oxygen atoms in total. The number of hydrogen-bond donors (Lipinski definition) is 1. The largest absolute Gasteiger partial charge is 0.384 e. The molecule has 0 saturated carbocycles. The van der Waals surface area contributed by atoms with Gasteiger partial charge in [0.1, 0.15) is 5.65 Å². The van der Waals surface area contributed by atoms with Gasteiger partial charge in [0.15, 0.2) is 0 Å². The molecule has 0 amide bonds. The smallest absolute Gasteiger partial charge is 0.260 e. The first-order valence-corrected chi connectivity index (χ1v) is 16.4. The van der Waals surface area contributed by atoms with Crippen LogP contribution in [-0.2, 0) is 14.3 Å².